The summed E-state index contributed by atoms with van der Waals surface area (Å²) in [6.07, 6.45) is 0. The van der Waals surface area contributed by atoms with Crippen LogP contribution in [0.4, 0.5) is 0 Å². The molecule has 1 aromatic carbocycles. The summed E-state index contributed by atoms with van der Waals surface area (Å²) < 4.78 is 2.09. The van der Waals surface area contributed by atoms with E-state index in [1.807, 2.05) is 13.0 Å². The van der Waals surface area contributed by atoms with Gasteiger partial charge in [-0.15, -0.1) is 0 Å². The first-order valence-electron chi connectivity index (χ1n) is 6.28. The lowest BCUT2D eigenvalue weighted by Gasteiger charge is -2.11. The second kappa shape index (κ2) is 4.93. The molecule has 0 radical (unpaired) electrons. The van der Waals surface area contributed by atoms with E-state index in [0.717, 1.165) is 23.1 Å². The van der Waals surface area contributed by atoms with Crippen LogP contribution in [-0.4, -0.2) is 15.6 Å². The fourth-order valence-electron chi connectivity index (χ4n) is 2.43. The molecule has 1 amide bonds. The van der Waals surface area contributed by atoms with Crippen molar-refractivity contribution in [1.29, 1.82) is 0 Å². The van der Waals surface area contributed by atoms with Crippen molar-refractivity contribution in [2.24, 2.45) is 11.8 Å². The molecule has 0 atom stereocenters. The molecule has 0 fully saturated rings. The molecule has 0 bridgehead atoms. The van der Waals surface area contributed by atoms with Crippen LogP contribution in [-0.2, 0) is 6.54 Å². The van der Waals surface area contributed by atoms with E-state index in [2.05, 4.69) is 23.8 Å². The van der Waals surface area contributed by atoms with Crippen LogP contribution in [0.3, 0.4) is 0 Å². The van der Waals surface area contributed by atoms with Crippen molar-refractivity contribution < 1.29 is 9.90 Å². The number of nitrogens with two attached hydrogens (primary N) is 1. The number of hydrogen-bond donors (Lipinski definition) is 3. The third kappa shape index (κ3) is 2.29. The van der Waals surface area contributed by atoms with Gasteiger partial charge in [-0.25, -0.2) is 5.84 Å². The highest BCUT2D eigenvalue weighted by Crippen LogP contribution is 2.29. The van der Waals surface area contributed by atoms with Gasteiger partial charge in [0, 0.05) is 23.1 Å². The van der Waals surface area contributed by atoms with Crippen molar-refractivity contribution in [3.63, 3.8) is 0 Å². The van der Waals surface area contributed by atoms with Crippen LogP contribution in [0.1, 0.15) is 29.9 Å². The van der Waals surface area contributed by atoms with Crippen LogP contribution >= 0.6 is 0 Å². The molecule has 2 rings (SSSR count). The number of nitrogens with one attached hydrogen (secondary N) is 1. The number of carbonyl (C=O) groups is 1. The maximum absolute atomic E-state index is 11.9. The van der Waals surface area contributed by atoms with Crippen LogP contribution in [0.25, 0.3) is 10.9 Å². The lowest BCUT2D eigenvalue weighted by atomic mass is 10.1. The van der Waals surface area contributed by atoms with Crippen LogP contribution in [0.5, 0.6) is 5.75 Å². The van der Waals surface area contributed by atoms with Crippen molar-refractivity contribution >= 4 is 16.8 Å². The Labute approximate surface area is 112 Å². The molecule has 1 heterocycles. The lowest BCUT2D eigenvalue weighted by Crippen LogP contribution is -2.30. The highest BCUT2D eigenvalue weighted by molar-refractivity contribution is 6.08. The van der Waals surface area contributed by atoms with Crippen molar-refractivity contribution in [3.8, 4) is 5.75 Å². The fraction of sp³-hybridized carbons (Fsp3) is 0.357. The minimum atomic E-state index is -0.337. The van der Waals surface area contributed by atoms with Gasteiger partial charge in [-0.05, 0) is 31.0 Å². The Morgan fingerprint density at radius 2 is 2.16 bits per heavy atom. The molecule has 0 spiro atoms. The first-order chi connectivity index (χ1) is 8.95. The third-order valence-electron chi connectivity index (χ3n) is 3.21. The summed E-state index contributed by atoms with van der Waals surface area (Å²) in [4.78, 5) is 11.9. The third-order valence-corrected chi connectivity index (χ3v) is 3.21. The van der Waals surface area contributed by atoms with Gasteiger partial charge in [-0.3, -0.25) is 10.2 Å². The van der Waals surface area contributed by atoms with Gasteiger partial charge < -0.3 is 9.67 Å². The van der Waals surface area contributed by atoms with Crippen molar-refractivity contribution in [2.75, 3.05) is 0 Å². The second-order valence-corrected chi connectivity index (χ2v) is 5.14. The van der Waals surface area contributed by atoms with E-state index in [0.29, 0.717) is 11.5 Å². The largest absolute Gasteiger partial charge is 0.508 e. The van der Waals surface area contributed by atoms with Gasteiger partial charge in [0.2, 0.25) is 0 Å². The molecule has 0 aliphatic rings. The fourth-order valence-corrected chi connectivity index (χ4v) is 2.43. The predicted molar refractivity (Wildman–Crippen MR) is 74.8 cm³/mol. The smallest absolute Gasteiger partial charge is 0.267 e. The number of hydrogen-bond acceptors (Lipinski definition) is 3. The van der Waals surface area contributed by atoms with Gasteiger partial charge in [-0.1, -0.05) is 13.8 Å². The molecule has 0 saturated carbocycles. The van der Waals surface area contributed by atoms with Crippen molar-refractivity contribution in [1.82, 2.24) is 9.99 Å². The minimum absolute atomic E-state index is 0.139. The number of carbonyl (C=O) groups excluding carboxylic acids is 1. The summed E-state index contributed by atoms with van der Waals surface area (Å²) in [5.41, 5.74) is 4.48. The molecule has 0 unspecified atom stereocenters. The maximum Gasteiger partial charge on any atom is 0.267 e. The number of fused-ring (bicyclic) bond motifs is 1. The van der Waals surface area contributed by atoms with E-state index in [1.54, 1.807) is 12.1 Å². The van der Waals surface area contributed by atoms with Gasteiger partial charge in [0.15, 0.2) is 0 Å². The molecule has 102 valence electrons. The van der Waals surface area contributed by atoms with E-state index in [-0.39, 0.29) is 11.7 Å². The molecule has 19 heavy (non-hydrogen) atoms. The normalized spacial score (nSPS) is 11.2. The Hall–Kier alpha value is -2.01. The zero-order chi connectivity index (χ0) is 14.2. The summed E-state index contributed by atoms with van der Waals surface area (Å²) >= 11 is 0. The SMILES string of the molecule is Cc1c(C(=O)NN)c2cc(O)ccc2n1CC(C)C. The van der Waals surface area contributed by atoms with Crippen LogP contribution in [0.15, 0.2) is 18.2 Å². The van der Waals surface area contributed by atoms with E-state index in [9.17, 15) is 9.90 Å². The summed E-state index contributed by atoms with van der Waals surface area (Å²) in [5, 5.41) is 10.3. The van der Waals surface area contributed by atoms with Crippen LogP contribution in [0, 0.1) is 12.8 Å². The molecule has 4 N–H and O–H groups in total. The first kappa shape index (κ1) is 13.4. The van der Waals surface area contributed by atoms with Crippen LogP contribution in [0.2, 0.25) is 0 Å². The molecule has 0 aliphatic heterocycles. The van der Waals surface area contributed by atoms with Gasteiger partial charge in [0.25, 0.3) is 5.91 Å². The number of amides is 1. The standard InChI is InChI=1S/C14H19N3O2/c1-8(2)7-17-9(3)13(14(19)16-15)11-6-10(18)4-5-12(11)17/h4-6,8,18H,7,15H2,1-3H3,(H,16,19). The number of phenols is 1. The van der Waals surface area contributed by atoms with Gasteiger partial charge in [0.05, 0.1) is 5.56 Å². The molecule has 5 nitrogen and oxygen atoms in total. The number of rotatable bonds is 3. The number of aromatic hydroxyl groups is 1. The Bertz CT molecular complexity index is 629. The molecular formula is C14H19N3O2. The van der Waals surface area contributed by atoms with Gasteiger partial charge in [0.1, 0.15) is 5.75 Å². The average molecular weight is 261 g/mol. The second-order valence-electron chi connectivity index (χ2n) is 5.14. The van der Waals surface area contributed by atoms with Gasteiger partial charge >= 0.3 is 0 Å². The topological polar surface area (TPSA) is 80.3 Å². The number of phenolic OH excluding ortho intramolecular Hbond substituents is 1. The summed E-state index contributed by atoms with van der Waals surface area (Å²) in [6, 6.07) is 5.06. The highest BCUT2D eigenvalue weighted by atomic mass is 16.3. The Balaban J connectivity index is 2.75. The van der Waals surface area contributed by atoms with Crippen LogP contribution < -0.4 is 11.3 Å². The Morgan fingerprint density at radius 3 is 2.74 bits per heavy atom. The average Bonchev–Trinajstić information content (AvgIpc) is 2.60. The number of nitrogen functional groups attached to an aromatic ring is 1. The lowest BCUT2D eigenvalue weighted by molar-refractivity contribution is 0.0954. The maximum atomic E-state index is 11.9. The Morgan fingerprint density at radius 1 is 1.47 bits per heavy atom. The Kier molecular flexibility index (Phi) is 3.48. The first-order valence-corrected chi connectivity index (χ1v) is 6.28. The minimum Gasteiger partial charge on any atom is -0.508 e. The number of hydrazine groups is 1. The number of aromatic nitrogens is 1. The number of benzene rings is 1. The van der Waals surface area contributed by atoms with Gasteiger partial charge in [-0.2, -0.15) is 0 Å². The van der Waals surface area contributed by atoms with Crippen molar-refractivity contribution in [2.45, 2.75) is 27.3 Å². The molecular weight excluding hydrogens is 242 g/mol. The van der Waals surface area contributed by atoms with E-state index < -0.39 is 0 Å². The summed E-state index contributed by atoms with van der Waals surface area (Å²) in [7, 11) is 0. The zero-order valence-electron chi connectivity index (χ0n) is 11.4. The zero-order valence-corrected chi connectivity index (χ0v) is 11.4. The molecule has 5 heteroatoms. The number of nitrogens with zero attached hydrogens (tertiary/aromatic N) is 1. The summed E-state index contributed by atoms with van der Waals surface area (Å²) in [6.45, 7) is 6.94. The quantitative estimate of drug-likeness (QED) is 0.448. The van der Waals surface area contributed by atoms with E-state index in [1.165, 1.54) is 0 Å². The molecule has 1 aromatic heterocycles. The molecule has 0 aliphatic carbocycles. The molecule has 2 aromatic rings. The summed E-state index contributed by atoms with van der Waals surface area (Å²) in [5.74, 6) is 5.50. The monoisotopic (exact) mass is 261 g/mol. The molecule has 0 saturated heterocycles. The van der Waals surface area contributed by atoms with E-state index in [4.69, 9.17) is 5.84 Å². The van der Waals surface area contributed by atoms with Crippen molar-refractivity contribution in [3.05, 3.63) is 29.5 Å². The predicted octanol–water partition coefficient (Wildman–Crippen LogP) is 1.91. The highest BCUT2D eigenvalue weighted by Gasteiger charge is 2.20. The van der Waals surface area contributed by atoms with E-state index >= 15 is 0 Å².